The fourth-order valence-corrected chi connectivity index (χ4v) is 11.9. The maximum Gasteiger partial charge on any atom is 0.328 e. The highest BCUT2D eigenvalue weighted by atomic mass is 16.7. The molecule has 8 N–H and O–H groups in total. The van der Waals surface area contributed by atoms with Crippen molar-refractivity contribution < 1.29 is 86.5 Å². The number of esters is 2. The number of hydrogen-bond acceptors (Lipinski definition) is 25. The molecule has 31 heteroatoms. The molecule has 7 heterocycles. The molecule has 0 saturated carbocycles. The number of ether oxygens (including phenoxy) is 12. The molecular weight excluding hydrogens is 1210 g/mol. The van der Waals surface area contributed by atoms with Gasteiger partial charge in [0.05, 0.1) is 61.4 Å². The number of nitrogen functional groups attached to an aromatic ring is 1. The summed E-state index contributed by atoms with van der Waals surface area (Å²) in [4.78, 5) is 107. The zero-order valence-electron chi connectivity index (χ0n) is 53.0. The highest BCUT2D eigenvalue weighted by Gasteiger charge is 2.50. The second kappa shape index (κ2) is 33.9. The molecule has 3 aliphatic heterocycles. The number of aromatic nitrogens is 7. The van der Waals surface area contributed by atoms with Gasteiger partial charge >= 0.3 is 23.3 Å². The van der Waals surface area contributed by atoms with Gasteiger partial charge in [0.25, 0.3) is 11.1 Å². The molecule has 0 radical (unpaired) electrons. The predicted octanol–water partition coefficient (Wildman–Crippen LogP) is -1.65. The van der Waals surface area contributed by atoms with E-state index in [9.17, 15) is 48.9 Å². The Balaban J connectivity index is 1.13. The summed E-state index contributed by atoms with van der Waals surface area (Å²) in [7, 11) is 9.87. The molecule has 0 spiro atoms. The van der Waals surface area contributed by atoms with Crippen LogP contribution >= 0.6 is 0 Å². The summed E-state index contributed by atoms with van der Waals surface area (Å²) in [5.74, 6) is 8.83. The maximum atomic E-state index is 13.7. The first-order valence-electron chi connectivity index (χ1n) is 29.8. The highest BCUT2D eigenvalue weighted by Crippen LogP contribution is 2.31. The zero-order chi connectivity index (χ0) is 66.9. The molecule has 1 amide bonds. The first-order chi connectivity index (χ1) is 44.2. The lowest BCUT2D eigenvalue weighted by molar-refractivity contribution is -0.270. The fraction of sp³-hybridized carbons (Fsp3) is 0.623. The van der Waals surface area contributed by atoms with Crippen LogP contribution in [0.2, 0.25) is 0 Å². The Kier molecular flexibility index (Phi) is 26.5. The molecule has 4 aromatic heterocycles. The summed E-state index contributed by atoms with van der Waals surface area (Å²) >= 11 is 0. The van der Waals surface area contributed by atoms with Gasteiger partial charge in [0, 0.05) is 107 Å². The highest BCUT2D eigenvalue weighted by molar-refractivity contribution is 5.92. The van der Waals surface area contributed by atoms with E-state index in [-0.39, 0.29) is 75.3 Å². The van der Waals surface area contributed by atoms with Crippen molar-refractivity contribution >= 4 is 40.8 Å². The minimum atomic E-state index is -1.06. The second-order valence-electron chi connectivity index (χ2n) is 22.3. The van der Waals surface area contributed by atoms with Crippen molar-refractivity contribution in [3.63, 3.8) is 0 Å². The molecule has 17 atom stereocenters. The number of aliphatic hydroxyl groups is 3. The van der Waals surface area contributed by atoms with E-state index in [1.807, 2.05) is 6.92 Å². The Labute approximate surface area is 529 Å². The third-order valence-electron chi connectivity index (χ3n) is 16.6. The Morgan fingerprint density at radius 2 is 1.15 bits per heavy atom. The minimum Gasteiger partial charge on any atom is -0.457 e. The van der Waals surface area contributed by atoms with E-state index in [0.717, 1.165) is 6.08 Å². The van der Waals surface area contributed by atoms with Crippen molar-refractivity contribution in [2.45, 2.75) is 164 Å². The van der Waals surface area contributed by atoms with Crippen LogP contribution in [-0.4, -0.2) is 228 Å². The smallest absolute Gasteiger partial charge is 0.328 e. The number of methoxy groups -OCH3 is 7. The molecule has 31 nitrogen and oxygen atoms in total. The van der Waals surface area contributed by atoms with Crippen LogP contribution in [0.3, 0.4) is 0 Å². The predicted molar refractivity (Wildman–Crippen MR) is 325 cm³/mol. The van der Waals surface area contributed by atoms with Crippen LogP contribution in [0.5, 0.6) is 0 Å². The molecule has 7 rings (SSSR count). The van der Waals surface area contributed by atoms with E-state index in [0.29, 0.717) is 16.6 Å². The zero-order valence-corrected chi connectivity index (χ0v) is 53.0. The summed E-state index contributed by atoms with van der Waals surface area (Å²) in [5, 5.41) is 33.0. The van der Waals surface area contributed by atoms with Gasteiger partial charge in [-0.2, -0.15) is 0 Å². The molecule has 504 valence electrons. The van der Waals surface area contributed by atoms with Gasteiger partial charge in [-0.05, 0) is 38.2 Å². The number of fused-ring (bicyclic) bond motifs is 1. The van der Waals surface area contributed by atoms with Crippen molar-refractivity contribution in [2.24, 2.45) is 11.8 Å². The van der Waals surface area contributed by atoms with Gasteiger partial charge in [-0.3, -0.25) is 43.1 Å². The van der Waals surface area contributed by atoms with Crippen molar-refractivity contribution in [1.82, 2.24) is 39.0 Å². The number of aliphatic hydroxyl groups excluding tert-OH is 3. The average molecular weight is 1290 g/mol. The van der Waals surface area contributed by atoms with Crippen molar-refractivity contribution in [3.05, 3.63) is 89.4 Å². The molecule has 0 aliphatic carbocycles. The summed E-state index contributed by atoms with van der Waals surface area (Å²) in [6.07, 6.45) is -3.07. The molecule has 3 aliphatic rings. The van der Waals surface area contributed by atoms with Crippen LogP contribution in [0, 0.1) is 35.5 Å². The monoisotopic (exact) mass is 1290 g/mol. The molecule has 3 saturated heterocycles. The number of nitrogens with one attached hydrogen (secondary N) is 3. The molecule has 0 bridgehead atoms. The first kappa shape index (κ1) is 72.0. The molecule has 8 unspecified atom stereocenters. The van der Waals surface area contributed by atoms with E-state index in [4.69, 9.17) is 62.6 Å². The Morgan fingerprint density at radius 3 is 1.68 bits per heavy atom. The van der Waals surface area contributed by atoms with Crippen LogP contribution in [-0.2, 0) is 90.9 Å². The number of nitrogens with zero attached hydrogens (tertiary/aromatic N) is 5. The normalized spacial score (nSPS) is 27.1. The maximum absolute atomic E-state index is 13.7. The third kappa shape index (κ3) is 17.2. The average Bonchev–Trinajstić information content (AvgIpc) is 1.38. The summed E-state index contributed by atoms with van der Waals surface area (Å²) in [6.45, 7) is 4.19. The number of amides is 1. The lowest BCUT2D eigenvalue weighted by Crippen LogP contribution is -2.65. The van der Waals surface area contributed by atoms with E-state index < -0.39 is 157 Å². The van der Waals surface area contributed by atoms with Gasteiger partial charge < -0.3 is 87.8 Å². The van der Waals surface area contributed by atoms with Crippen LogP contribution in [0.25, 0.3) is 17.1 Å². The third-order valence-corrected chi connectivity index (χ3v) is 16.6. The summed E-state index contributed by atoms with van der Waals surface area (Å²) in [6, 6.07) is -0.931. The van der Waals surface area contributed by atoms with E-state index in [2.05, 4.69) is 48.9 Å². The Bertz CT molecular complexity index is 3560. The van der Waals surface area contributed by atoms with Crippen molar-refractivity contribution in [1.29, 1.82) is 0 Å². The quantitative estimate of drug-likeness (QED) is 0.0200. The molecule has 0 aromatic carbocycles. The van der Waals surface area contributed by atoms with Gasteiger partial charge in [-0.1, -0.05) is 30.6 Å². The van der Waals surface area contributed by atoms with Gasteiger partial charge in [0.1, 0.15) is 84.3 Å². The van der Waals surface area contributed by atoms with Gasteiger partial charge in [-0.25, -0.2) is 19.6 Å². The van der Waals surface area contributed by atoms with Crippen LogP contribution in [0.15, 0.2) is 50.2 Å². The van der Waals surface area contributed by atoms with Crippen LogP contribution < -0.4 is 33.5 Å². The van der Waals surface area contributed by atoms with E-state index in [1.54, 1.807) is 24.6 Å². The van der Waals surface area contributed by atoms with Crippen LogP contribution in [0.1, 0.15) is 69.6 Å². The first-order valence-corrected chi connectivity index (χ1v) is 29.8. The number of hydrogen-bond donors (Lipinski definition) is 7. The molecule has 92 heavy (non-hydrogen) atoms. The number of aromatic amines is 2. The largest absolute Gasteiger partial charge is 0.457 e. The van der Waals surface area contributed by atoms with Gasteiger partial charge in [0.15, 0.2) is 18.5 Å². The summed E-state index contributed by atoms with van der Waals surface area (Å²) < 4.78 is 72.3. The minimum absolute atomic E-state index is 0.0543. The standard InChI is InChI=1S/C61H83N9O22/c1-32(23-69-27-38(58(78)67-60(69)79)19-20-42(74)65-46-52(86-9)49(83-6)41(30-73)90-59(46)87-10)35(24-70-26-37(57(77)66-61(70)80)16-12-14-18-44(76)92-54-48(82-5)34(3)89-40(29-72)51(54)85-8)21-22-68-25-36(45-55(62)63-31-64-56(45)68)15-11-13-17-43(75)91-53-47(81-4)33(2)88-39(28-71)50(53)84-7/h19-20,25-27,31-35,39-41,46-54,59,71-73H,13-14,17-18,21-24,28-30H2,1-10H3,(H,65,74)(H2,62,63,64)(H,66,77,80)(H,67,78,79)/b20-19+/t32?,33-,34+,35?,39?,40?,41?,46?,47?,48?,49+,50-,51-,52-,53-,54-,59+/m1/s1. The molecule has 4 aromatic rings. The number of anilines is 1. The summed E-state index contributed by atoms with van der Waals surface area (Å²) in [5.41, 5.74) is 3.97. The molecular formula is C61H83N9O22. The van der Waals surface area contributed by atoms with E-state index in [1.165, 1.54) is 83.7 Å². The topological polar surface area (TPSA) is 401 Å². The number of carbonyl (C=O) groups excluding carboxylic acids is 3. The molecule has 3 fully saturated rings. The number of nitrogens with two attached hydrogens (primary N) is 1. The fourth-order valence-electron chi connectivity index (χ4n) is 11.9. The number of H-pyrrole nitrogens is 2. The van der Waals surface area contributed by atoms with Gasteiger partial charge in [0.2, 0.25) is 5.91 Å². The Hall–Kier alpha value is -7.47. The van der Waals surface area contributed by atoms with Crippen LogP contribution in [0.4, 0.5) is 5.82 Å². The lowest BCUT2D eigenvalue weighted by Gasteiger charge is -2.44. The van der Waals surface area contributed by atoms with E-state index >= 15 is 0 Å². The number of rotatable bonds is 27. The lowest BCUT2D eigenvalue weighted by atomic mass is 9.90. The number of carbonyl (C=O) groups is 3. The van der Waals surface area contributed by atoms with Crippen molar-refractivity contribution in [2.75, 3.05) is 75.3 Å². The second-order valence-corrected chi connectivity index (χ2v) is 22.3. The number of aryl methyl sites for hydroxylation is 1. The Morgan fingerprint density at radius 1 is 0.652 bits per heavy atom. The van der Waals surface area contributed by atoms with Gasteiger partial charge in [-0.15, -0.1) is 0 Å². The SMILES string of the molecule is COC1[C@H](C)OC(CO)[C@@H](OC)[C@@H]1OC(=O)CCC#Cc1cn(CC(CCn2cc(C#CCCC(=O)O[C@@H]3C(OC)[C@@H](C)OC(CO)[C@H]3OC)c3c(N)ncnc32)C(C)Cn2cc(/C=C/C(=O)NC3[C@@H](OC)OC(CO)[C@H](OC)[C@@H]3OC)c(=O)[nH]c2=O)c(=O)[nH]c1=O. The van der Waals surface area contributed by atoms with Crippen molar-refractivity contribution in [3.8, 4) is 23.7 Å².